The highest BCUT2D eigenvalue weighted by Crippen LogP contribution is 2.16. The van der Waals surface area contributed by atoms with Crippen molar-refractivity contribution in [2.45, 2.75) is 40.2 Å². The van der Waals surface area contributed by atoms with Crippen LogP contribution in [-0.2, 0) is 11.3 Å². The zero-order chi connectivity index (χ0) is 15.2. The molecule has 0 aliphatic carbocycles. The standard InChI is InChI=1S/C16H21N3O2/c1-4-12(5-2)16(20)17-10-14-18-15(19-21-14)13-8-6-11(3)7-9-13/h6-9,12H,4-5,10H2,1-3H3,(H,17,20). The summed E-state index contributed by atoms with van der Waals surface area (Å²) in [5, 5.41) is 6.78. The van der Waals surface area contributed by atoms with Gasteiger partial charge < -0.3 is 9.84 Å². The number of rotatable bonds is 6. The van der Waals surface area contributed by atoms with Gasteiger partial charge in [0.25, 0.3) is 0 Å². The number of hydrogen-bond donors (Lipinski definition) is 1. The summed E-state index contributed by atoms with van der Waals surface area (Å²) >= 11 is 0. The van der Waals surface area contributed by atoms with Crippen molar-refractivity contribution in [2.24, 2.45) is 5.92 Å². The van der Waals surface area contributed by atoms with E-state index in [0.717, 1.165) is 18.4 Å². The van der Waals surface area contributed by atoms with Crippen molar-refractivity contribution >= 4 is 5.91 Å². The van der Waals surface area contributed by atoms with Gasteiger partial charge in [0, 0.05) is 11.5 Å². The molecule has 0 saturated heterocycles. The molecular weight excluding hydrogens is 266 g/mol. The average molecular weight is 287 g/mol. The zero-order valence-corrected chi connectivity index (χ0v) is 12.7. The fourth-order valence-electron chi connectivity index (χ4n) is 2.11. The van der Waals surface area contributed by atoms with Crippen molar-refractivity contribution in [3.05, 3.63) is 35.7 Å². The first-order valence-electron chi connectivity index (χ1n) is 7.31. The van der Waals surface area contributed by atoms with E-state index in [9.17, 15) is 4.79 Å². The van der Waals surface area contributed by atoms with Gasteiger partial charge >= 0.3 is 0 Å². The number of aromatic nitrogens is 2. The van der Waals surface area contributed by atoms with Crippen LogP contribution in [0.25, 0.3) is 11.4 Å². The summed E-state index contributed by atoms with van der Waals surface area (Å²) in [6.45, 7) is 6.32. The largest absolute Gasteiger partial charge is 0.347 e. The van der Waals surface area contributed by atoms with E-state index in [2.05, 4.69) is 15.5 Å². The SMILES string of the molecule is CCC(CC)C(=O)NCc1nc(-c2ccc(C)cc2)no1. The summed E-state index contributed by atoms with van der Waals surface area (Å²) in [6, 6.07) is 7.90. The first kappa shape index (κ1) is 15.2. The molecule has 1 amide bonds. The second-order valence-electron chi connectivity index (χ2n) is 5.11. The molecule has 2 aromatic rings. The minimum atomic E-state index is 0.0371. The molecule has 112 valence electrons. The number of nitrogens with zero attached hydrogens (tertiary/aromatic N) is 2. The zero-order valence-electron chi connectivity index (χ0n) is 12.7. The van der Waals surface area contributed by atoms with E-state index in [1.165, 1.54) is 5.56 Å². The number of amides is 1. The van der Waals surface area contributed by atoms with Crippen molar-refractivity contribution in [3.8, 4) is 11.4 Å². The number of carbonyl (C=O) groups excluding carboxylic acids is 1. The van der Waals surface area contributed by atoms with Gasteiger partial charge in [0.2, 0.25) is 17.6 Å². The molecule has 0 aliphatic heterocycles. The third-order valence-corrected chi connectivity index (χ3v) is 3.55. The molecule has 5 heteroatoms. The predicted molar refractivity (Wildman–Crippen MR) is 80.4 cm³/mol. The van der Waals surface area contributed by atoms with Gasteiger partial charge in [-0.15, -0.1) is 0 Å². The highest BCUT2D eigenvalue weighted by molar-refractivity contribution is 5.78. The quantitative estimate of drug-likeness (QED) is 0.886. The van der Waals surface area contributed by atoms with E-state index in [1.807, 2.05) is 45.0 Å². The van der Waals surface area contributed by atoms with Crippen molar-refractivity contribution in [3.63, 3.8) is 0 Å². The smallest absolute Gasteiger partial charge is 0.246 e. The van der Waals surface area contributed by atoms with Gasteiger partial charge in [-0.3, -0.25) is 4.79 Å². The summed E-state index contributed by atoms with van der Waals surface area (Å²) in [7, 11) is 0. The Labute approximate surface area is 124 Å². The number of nitrogens with one attached hydrogen (secondary N) is 1. The number of aryl methyl sites for hydroxylation is 1. The molecule has 0 radical (unpaired) electrons. The number of hydrogen-bond acceptors (Lipinski definition) is 4. The van der Waals surface area contributed by atoms with Crippen molar-refractivity contribution in [2.75, 3.05) is 0 Å². The average Bonchev–Trinajstić information content (AvgIpc) is 2.96. The molecule has 1 aromatic heterocycles. The first-order valence-corrected chi connectivity index (χ1v) is 7.31. The minimum absolute atomic E-state index is 0.0371. The molecule has 0 unspecified atom stereocenters. The molecule has 0 fully saturated rings. The molecule has 0 aliphatic rings. The first-order chi connectivity index (χ1) is 10.1. The summed E-state index contributed by atoms with van der Waals surface area (Å²) in [5.74, 6) is 1.05. The Bertz CT molecular complexity index is 586. The molecule has 5 nitrogen and oxygen atoms in total. The molecule has 0 bridgehead atoms. The minimum Gasteiger partial charge on any atom is -0.347 e. The molecule has 1 N–H and O–H groups in total. The van der Waals surface area contributed by atoms with Crippen molar-refractivity contribution in [1.82, 2.24) is 15.5 Å². The van der Waals surface area contributed by atoms with Crippen LogP contribution in [0.15, 0.2) is 28.8 Å². The van der Waals surface area contributed by atoms with Crippen LogP contribution < -0.4 is 5.32 Å². The molecule has 21 heavy (non-hydrogen) atoms. The fourth-order valence-corrected chi connectivity index (χ4v) is 2.11. The lowest BCUT2D eigenvalue weighted by atomic mass is 10.0. The van der Waals surface area contributed by atoms with E-state index >= 15 is 0 Å². The van der Waals surface area contributed by atoms with Crippen LogP contribution in [0.5, 0.6) is 0 Å². The Morgan fingerprint density at radius 2 is 1.90 bits per heavy atom. The lowest BCUT2D eigenvalue weighted by Crippen LogP contribution is -2.29. The molecule has 1 heterocycles. The van der Waals surface area contributed by atoms with Crippen LogP contribution in [0.3, 0.4) is 0 Å². The maximum absolute atomic E-state index is 11.9. The third-order valence-electron chi connectivity index (χ3n) is 3.55. The lowest BCUT2D eigenvalue weighted by Gasteiger charge is -2.10. The molecule has 0 atom stereocenters. The molecule has 2 rings (SSSR count). The van der Waals surface area contributed by atoms with Gasteiger partial charge in [-0.1, -0.05) is 48.8 Å². The van der Waals surface area contributed by atoms with Gasteiger partial charge in [-0.05, 0) is 19.8 Å². The summed E-state index contributed by atoms with van der Waals surface area (Å²) in [4.78, 5) is 16.2. The maximum Gasteiger partial charge on any atom is 0.246 e. The Hall–Kier alpha value is -2.17. The molecule has 0 saturated carbocycles. The molecular formula is C16H21N3O2. The molecule has 1 aromatic carbocycles. The maximum atomic E-state index is 11.9. The van der Waals surface area contributed by atoms with Gasteiger partial charge in [0.05, 0.1) is 6.54 Å². The number of carbonyl (C=O) groups is 1. The van der Waals surface area contributed by atoms with Crippen LogP contribution in [0.4, 0.5) is 0 Å². The van der Waals surface area contributed by atoms with E-state index in [4.69, 9.17) is 4.52 Å². The van der Waals surface area contributed by atoms with Crippen molar-refractivity contribution in [1.29, 1.82) is 0 Å². The van der Waals surface area contributed by atoms with Crippen LogP contribution in [0.1, 0.15) is 38.1 Å². The second kappa shape index (κ2) is 7.02. The monoisotopic (exact) mass is 287 g/mol. The van der Waals surface area contributed by atoms with E-state index in [-0.39, 0.29) is 18.4 Å². The van der Waals surface area contributed by atoms with E-state index in [0.29, 0.717) is 11.7 Å². The number of benzene rings is 1. The van der Waals surface area contributed by atoms with E-state index in [1.54, 1.807) is 0 Å². The summed E-state index contributed by atoms with van der Waals surface area (Å²) in [6.07, 6.45) is 1.67. The van der Waals surface area contributed by atoms with Gasteiger partial charge in [-0.2, -0.15) is 4.98 Å². The third kappa shape index (κ3) is 3.90. The normalized spacial score (nSPS) is 10.9. The summed E-state index contributed by atoms with van der Waals surface area (Å²) < 4.78 is 5.17. The van der Waals surface area contributed by atoms with Gasteiger partial charge in [0.15, 0.2) is 0 Å². The summed E-state index contributed by atoms with van der Waals surface area (Å²) in [5.41, 5.74) is 2.09. The van der Waals surface area contributed by atoms with Crippen LogP contribution in [0, 0.1) is 12.8 Å². The Kier molecular flexibility index (Phi) is 5.09. The van der Waals surface area contributed by atoms with Crippen molar-refractivity contribution < 1.29 is 9.32 Å². The van der Waals surface area contributed by atoms with Crippen LogP contribution in [-0.4, -0.2) is 16.0 Å². The highest BCUT2D eigenvalue weighted by Gasteiger charge is 2.15. The van der Waals surface area contributed by atoms with Crippen LogP contribution in [0.2, 0.25) is 0 Å². The van der Waals surface area contributed by atoms with Crippen LogP contribution >= 0.6 is 0 Å². The Morgan fingerprint density at radius 1 is 1.24 bits per heavy atom. The second-order valence-corrected chi connectivity index (χ2v) is 5.11. The topological polar surface area (TPSA) is 68.0 Å². The molecule has 0 spiro atoms. The predicted octanol–water partition coefficient (Wildman–Crippen LogP) is 3.10. The fraction of sp³-hybridized carbons (Fsp3) is 0.438. The van der Waals surface area contributed by atoms with E-state index < -0.39 is 0 Å². The van der Waals surface area contributed by atoms with Gasteiger partial charge in [-0.25, -0.2) is 0 Å². The lowest BCUT2D eigenvalue weighted by molar-refractivity contribution is -0.125. The highest BCUT2D eigenvalue weighted by atomic mass is 16.5. The van der Waals surface area contributed by atoms with Gasteiger partial charge in [0.1, 0.15) is 0 Å². The Balaban J connectivity index is 1.97. The Morgan fingerprint density at radius 3 is 2.52 bits per heavy atom.